The van der Waals surface area contributed by atoms with E-state index in [0.29, 0.717) is 0 Å². The van der Waals surface area contributed by atoms with Gasteiger partial charge in [0, 0.05) is 32.4 Å². The lowest BCUT2D eigenvalue weighted by molar-refractivity contribution is 0.214. The van der Waals surface area contributed by atoms with Crippen LogP contribution in [0.1, 0.15) is 5.56 Å². The maximum Gasteiger partial charge on any atom is 0.143 e. The zero-order chi connectivity index (χ0) is 13.6. The van der Waals surface area contributed by atoms with Crippen molar-refractivity contribution < 1.29 is 0 Å². The van der Waals surface area contributed by atoms with Gasteiger partial charge in [-0.3, -0.25) is 5.01 Å². The molecule has 2 aromatic rings. The van der Waals surface area contributed by atoms with Crippen molar-refractivity contribution in [3.63, 3.8) is 0 Å². The molecular weight excluding hydrogens is 248 g/mol. The maximum atomic E-state index is 4.51. The molecule has 0 radical (unpaired) electrons. The van der Waals surface area contributed by atoms with E-state index in [4.69, 9.17) is 0 Å². The second-order valence-corrected chi connectivity index (χ2v) is 4.93. The lowest BCUT2D eigenvalue weighted by Gasteiger charge is -2.38. The highest BCUT2D eigenvalue weighted by Crippen LogP contribution is 2.17. The molecule has 104 valence electrons. The van der Waals surface area contributed by atoms with Gasteiger partial charge in [-0.15, -0.1) is 0 Å². The molecule has 0 amide bonds. The first-order valence-electron chi connectivity index (χ1n) is 7.11. The largest absolute Gasteiger partial charge is 0.314 e. The highest BCUT2D eigenvalue weighted by atomic mass is 15.6. The van der Waals surface area contributed by atoms with Crippen molar-refractivity contribution in [2.24, 2.45) is 0 Å². The van der Waals surface area contributed by atoms with Crippen LogP contribution in [-0.2, 0) is 6.54 Å². The zero-order valence-electron chi connectivity index (χ0n) is 11.6. The average Bonchev–Trinajstić information content (AvgIpc) is 2.55. The van der Waals surface area contributed by atoms with Crippen LogP contribution in [0.15, 0.2) is 54.7 Å². The van der Waals surface area contributed by atoms with Gasteiger partial charge < -0.3 is 5.32 Å². The molecule has 1 aromatic heterocycles. The van der Waals surface area contributed by atoms with E-state index in [0.717, 1.165) is 38.5 Å². The number of hydrazine groups is 1. The summed E-state index contributed by atoms with van der Waals surface area (Å²) >= 11 is 0. The van der Waals surface area contributed by atoms with Gasteiger partial charge >= 0.3 is 0 Å². The van der Waals surface area contributed by atoms with E-state index in [9.17, 15) is 0 Å². The van der Waals surface area contributed by atoms with Gasteiger partial charge in [0.1, 0.15) is 5.82 Å². The third-order valence-corrected chi connectivity index (χ3v) is 3.52. The number of rotatable bonds is 4. The molecule has 4 nitrogen and oxygen atoms in total. The molecule has 1 aliphatic rings. The van der Waals surface area contributed by atoms with Crippen molar-refractivity contribution in [1.29, 1.82) is 0 Å². The Labute approximate surface area is 120 Å². The van der Waals surface area contributed by atoms with Crippen molar-refractivity contribution in [3.05, 3.63) is 60.3 Å². The number of hydrogen-bond acceptors (Lipinski definition) is 4. The number of pyridine rings is 1. The predicted octanol–water partition coefficient (Wildman–Crippen LogP) is 1.91. The Hall–Kier alpha value is -1.91. The summed E-state index contributed by atoms with van der Waals surface area (Å²) in [6, 6.07) is 16.6. The molecule has 0 unspecified atom stereocenters. The second-order valence-electron chi connectivity index (χ2n) is 4.93. The van der Waals surface area contributed by atoms with Crippen LogP contribution in [0.5, 0.6) is 0 Å². The van der Waals surface area contributed by atoms with Crippen molar-refractivity contribution in [1.82, 2.24) is 15.3 Å². The summed E-state index contributed by atoms with van der Waals surface area (Å²) in [6.07, 6.45) is 1.86. The quantitative estimate of drug-likeness (QED) is 0.918. The molecule has 4 heteroatoms. The molecule has 0 atom stereocenters. The summed E-state index contributed by atoms with van der Waals surface area (Å²) in [5.41, 5.74) is 1.30. The number of benzene rings is 1. The van der Waals surface area contributed by atoms with Gasteiger partial charge in [-0.25, -0.2) is 9.99 Å². The third-order valence-electron chi connectivity index (χ3n) is 3.52. The van der Waals surface area contributed by atoms with Crippen LogP contribution < -0.4 is 10.3 Å². The second kappa shape index (κ2) is 6.50. The minimum Gasteiger partial charge on any atom is -0.314 e. The number of piperazine rings is 1. The van der Waals surface area contributed by atoms with Gasteiger partial charge in [0.25, 0.3) is 0 Å². The standard InChI is InChI=1S/C16H20N4/c1-2-6-15(7-3-1)14-20(16-8-4-5-9-18-16)19-12-10-17-11-13-19/h1-9,17H,10-14H2. The molecule has 0 saturated carbocycles. The highest BCUT2D eigenvalue weighted by Gasteiger charge is 2.19. The molecule has 1 N–H and O–H groups in total. The molecule has 1 aromatic carbocycles. The number of aromatic nitrogens is 1. The first-order chi connectivity index (χ1) is 9.93. The molecule has 1 saturated heterocycles. The van der Waals surface area contributed by atoms with Crippen LogP contribution in [0.2, 0.25) is 0 Å². The summed E-state index contributed by atoms with van der Waals surface area (Å²) in [4.78, 5) is 4.51. The molecule has 20 heavy (non-hydrogen) atoms. The number of hydrogen-bond donors (Lipinski definition) is 1. The average molecular weight is 268 g/mol. The van der Waals surface area contributed by atoms with Crippen LogP contribution in [0.4, 0.5) is 5.82 Å². The molecule has 3 rings (SSSR count). The van der Waals surface area contributed by atoms with Crippen molar-refractivity contribution in [2.45, 2.75) is 6.54 Å². The fourth-order valence-corrected chi connectivity index (χ4v) is 2.48. The fraction of sp³-hybridized carbons (Fsp3) is 0.312. The Balaban J connectivity index is 1.83. The van der Waals surface area contributed by atoms with E-state index in [-0.39, 0.29) is 0 Å². The summed E-state index contributed by atoms with van der Waals surface area (Å²) in [5.74, 6) is 1.01. The lowest BCUT2D eigenvalue weighted by atomic mass is 10.2. The number of nitrogens with zero attached hydrogens (tertiary/aromatic N) is 3. The minimum atomic E-state index is 0.859. The Morgan fingerprint density at radius 2 is 1.75 bits per heavy atom. The topological polar surface area (TPSA) is 31.4 Å². The van der Waals surface area contributed by atoms with E-state index < -0.39 is 0 Å². The summed E-state index contributed by atoms with van der Waals surface area (Å²) < 4.78 is 0. The predicted molar refractivity (Wildman–Crippen MR) is 81.3 cm³/mol. The normalized spacial score (nSPS) is 16.0. The van der Waals surface area contributed by atoms with Crippen LogP contribution >= 0.6 is 0 Å². The zero-order valence-corrected chi connectivity index (χ0v) is 11.6. The van der Waals surface area contributed by atoms with Crippen molar-refractivity contribution >= 4 is 5.82 Å². The van der Waals surface area contributed by atoms with Crippen LogP contribution in [0.25, 0.3) is 0 Å². The van der Waals surface area contributed by atoms with Crippen molar-refractivity contribution in [3.8, 4) is 0 Å². The molecule has 0 bridgehead atoms. The van der Waals surface area contributed by atoms with Gasteiger partial charge in [0.15, 0.2) is 0 Å². The maximum absolute atomic E-state index is 4.51. The van der Waals surface area contributed by atoms with Gasteiger partial charge in [-0.1, -0.05) is 36.4 Å². The molecule has 0 spiro atoms. The first kappa shape index (κ1) is 13.1. The van der Waals surface area contributed by atoms with Gasteiger partial charge in [-0.2, -0.15) is 0 Å². The van der Waals surface area contributed by atoms with E-state index in [1.54, 1.807) is 0 Å². The SMILES string of the molecule is c1ccc(CN(c2ccccn2)N2CCNCC2)cc1. The molecule has 0 aliphatic carbocycles. The van der Waals surface area contributed by atoms with E-state index >= 15 is 0 Å². The summed E-state index contributed by atoms with van der Waals surface area (Å²) in [5, 5.41) is 8.06. The summed E-state index contributed by atoms with van der Waals surface area (Å²) in [6.45, 7) is 4.95. The number of anilines is 1. The smallest absolute Gasteiger partial charge is 0.143 e. The molecule has 1 fully saturated rings. The van der Waals surface area contributed by atoms with E-state index in [2.05, 4.69) is 56.7 Å². The van der Waals surface area contributed by atoms with Gasteiger partial charge in [0.2, 0.25) is 0 Å². The Morgan fingerprint density at radius 1 is 1.00 bits per heavy atom. The van der Waals surface area contributed by atoms with Crippen LogP contribution in [-0.4, -0.2) is 36.2 Å². The minimum absolute atomic E-state index is 0.859. The molecular formula is C16H20N4. The Kier molecular flexibility index (Phi) is 4.25. The Bertz CT molecular complexity index is 509. The van der Waals surface area contributed by atoms with Gasteiger partial charge in [0.05, 0.1) is 6.54 Å². The highest BCUT2D eigenvalue weighted by molar-refractivity contribution is 5.37. The van der Waals surface area contributed by atoms with Crippen LogP contribution in [0, 0.1) is 0 Å². The van der Waals surface area contributed by atoms with Crippen LogP contribution in [0.3, 0.4) is 0 Å². The first-order valence-corrected chi connectivity index (χ1v) is 7.11. The van der Waals surface area contributed by atoms with E-state index in [1.807, 2.05) is 18.3 Å². The van der Waals surface area contributed by atoms with E-state index in [1.165, 1.54) is 5.56 Å². The fourth-order valence-electron chi connectivity index (χ4n) is 2.48. The summed E-state index contributed by atoms with van der Waals surface area (Å²) in [7, 11) is 0. The third kappa shape index (κ3) is 3.15. The number of nitrogens with one attached hydrogen (secondary N) is 1. The molecule has 2 heterocycles. The monoisotopic (exact) mass is 268 g/mol. The van der Waals surface area contributed by atoms with Gasteiger partial charge in [-0.05, 0) is 17.7 Å². The lowest BCUT2D eigenvalue weighted by Crippen LogP contribution is -2.52. The Morgan fingerprint density at radius 3 is 2.45 bits per heavy atom. The van der Waals surface area contributed by atoms with Crippen molar-refractivity contribution in [2.75, 3.05) is 31.2 Å². The molecule has 1 aliphatic heterocycles.